The van der Waals surface area contributed by atoms with Gasteiger partial charge in [-0.15, -0.1) is 12.4 Å². The maximum atomic E-state index is 5.40. The number of hydrogen-bond donors (Lipinski definition) is 1. The number of nitrogens with one attached hydrogen (secondary N) is 1. The van der Waals surface area contributed by atoms with E-state index in [-0.39, 0.29) is 12.4 Å². The van der Waals surface area contributed by atoms with Crippen LogP contribution in [-0.4, -0.2) is 29.8 Å². The second-order valence-electron chi connectivity index (χ2n) is 4.78. The van der Waals surface area contributed by atoms with Gasteiger partial charge in [-0.3, -0.25) is 0 Å². The third-order valence-corrected chi connectivity index (χ3v) is 3.07. The minimum atomic E-state index is 0. The minimum Gasteiger partial charge on any atom is -0.494 e. The molecular formula is C16H22ClN3O2. The average Bonchev–Trinajstić information content (AvgIpc) is 2.94. The van der Waals surface area contributed by atoms with E-state index in [1.165, 1.54) is 0 Å². The van der Waals surface area contributed by atoms with E-state index in [0.29, 0.717) is 24.4 Å². The first-order chi connectivity index (χ1) is 10.2. The summed E-state index contributed by atoms with van der Waals surface area (Å²) in [5.41, 5.74) is 1.06. The zero-order chi connectivity index (χ0) is 15.1. The molecule has 1 heterocycles. The predicted octanol–water partition coefficient (Wildman–Crippen LogP) is 3.21. The third-order valence-electron chi connectivity index (χ3n) is 3.07. The summed E-state index contributed by atoms with van der Waals surface area (Å²) in [6.07, 6.45) is 4.50. The molecule has 6 heteroatoms. The topological polar surface area (TPSA) is 60.2 Å². The van der Waals surface area contributed by atoms with Gasteiger partial charge in [-0.25, -0.2) is 0 Å². The zero-order valence-corrected chi connectivity index (χ0v) is 13.9. The number of aromatic nitrogens is 2. The van der Waals surface area contributed by atoms with Crippen molar-refractivity contribution >= 4 is 24.6 Å². The van der Waals surface area contributed by atoms with Gasteiger partial charge in [-0.2, -0.15) is 4.98 Å². The largest absolute Gasteiger partial charge is 0.494 e. The maximum Gasteiger partial charge on any atom is 0.250 e. The third kappa shape index (κ3) is 5.50. The summed E-state index contributed by atoms with van der Waals surface area (Å²) in [4.78, 5) is 4.33. The standard InChI is InChI=1S/C16H21N3O2.ClH/c1-4-20-14-8-5-13(6-9-14)7-10-16-18-15(19-21-16)11-12(2)17-3;/h5-10,12,17H,4,11H2,1-3H3;1H/b10-7+;. The van der Waals surface area contributed by atoms with Gasteiger partial charge in [0.2, 0.25) is 0 Å². The Labute approximate surface area is 137 Å². The fourth-order valence-electron chi connectivity index (χ4n) is 1.80. The van der Waals surface area contributed by atoms with Crippen LogP contribution in [0.1, 0.15) is 31.1 Å². The fourth-order valence-corrected chi connectivity index (χ4v) is 1.80. The lowest BCUT2D eigenvalue weighted by Gasteiger charge is -2.04. The monoisotopic (exact) mass is 323 g/mol. The molecule has 0 saturated carbocycles. The summed E-state index contributed by atoms with van der Waals surface area (Å²) in [5, 5.41) is 7.10. The molecule has 1 aromatic carbocycles. The fraction of sp³-hybridized carbons (Fsp3) is 0.375. The van der Waals surface area contributed by atoms with E-state index in [2.05, 4.69) is 22.4 Å². The van der Waals surface area contributed by atoms with Crippen LogP contribution in [0.3, 0.4) is 0 Å². The number of benzene rings is 1. The van der Waals surface area contributed by atoms with Crippen LogP contribution >= 0.6 is 12.4 Å². The van der Waals surface area contributed by atoms with E-state index in [1.807, 2.05) is 50.4 Å². The van der Waals surface area contributed by atoms with Crippen molar-refractivity contribution in [3.63, 3.8) is 0 Å². The Morgan fingerprint density at radius 1 is 1.27 bits per heavy atom. The maximum absolute atomic E-state index is 5.40. The van der Waals surface area contributed by atoms with Crippen molar-refractivity contribution in [3.8, 4) is 5.75 Å². The Kier molecular flexibility index (Phi) is 7.63. The molecule has 120 valence electrons. The summed E-state index contributed by atoms with van der Waals surface area (Å²) in [5.74, 6) is 2.10. The molecule has 1 N–H and O–H groups in total. The predicted molar refractivity (Wildman–Crippen MR) is 90.3 cm³/mol. The molecule has 0 bridgehead atoms. The number of nitrogens with zero attached hydrogens (tertiary/aromatic N) is 2. The van der Waals surface area contributed by atoms with Crippen molar-refractivity contribution < 1.29 is 9.26 Å². The highest BCUT2D eigenvalue weighted by Crippen LogP contribution is 2.14. The van der Waals surface area contributed by atoms with Gasteiger partial charge in [-0.05, 0) is 44.7 Å². The molecule has 0 spiro atoms. The highest BCUT2D eigenvalue weighted by atomic mass is 35.5. The zero-order valence-electron chi connectivity index (χ0n) is 13.1. The molecule has 0 fully saturated rings. The van der Waals surface area contributed by atoms with Crippen LogP contribution < -0.4 is 10.1 Å². The lowest BCUT2D eigenvalue weighted by Crippen LogP contribution is -2.24. The first-order valence-corrected chi connectivity index (χ1v) is 7.12. The van der Waals surface area contributed by atoms with Crippen LogP contribution in [-0.2, 0) is 6.42 Å². The Bertz CT molecular complexity index is 581. The molecule has 1 unspecified atom stereocenters. The molecule has 0 radical (unpaired) electrons. The lowest BCUT2D eigenvalue weighted by atomic mass is 10.2. The van der Waals surface area contributed by atoms with Crippen LogP contribution in [0.25, 0.3) is 12.2 Å². The Hall–Kier alpha value is -1.85. The Morgan fingerprint density at radius 3 is 2.64 bits per heavy atom. The first-order valence-electron chi connectivity index (χ1n) is 7.12. The molecule has 2 aromatic rings. The Balaban J connectivity index is 0.00000242. The molecule has 1 atom stereocenters. The van der Waals surface area contributed by atoms with Crippen molar-refractivity contribution in [2.45, 2.75) is 26.3 Å². The van der Waals surface area contributed by atoms with Gasteiger partial charge in [0.05, 0.1) is 6.61 Å². The van der Waals surface area contributed by atoms with Gasteiger partial charge in [-0.1, -0.05) is 17.3 Å². The number of ether oxygens (including phenoxy) is 1. The van der Waals surface area contributed by atoms with E-state index >= 15 is 0 Å². The molecule has 0 aliphatic carbocycles. The molecule has 2 rings (SSSR count). The van der Waals surface area contributed by atoms with Crippen molar-refractivity contribution in [2.75, 3.05) is 13.7 Å². The number of likely N-dealkylation sites (N-methyl/N-ethyl adjacent to an activating group) is 1. The van der Waals surface area contributed by atoms with Crippen LogP contribution in [0.15, 0.2) is 28.8 Å². The van der Waals surface area contributed by atoms with Crippen LogP contribution in [0.4, 0.5) is 0 Å². The SMILES string of the molecule is CCOc1ccc(/C=C/c2nc(CC(C)NC)no2)cc1.Cl. The van der Waals surface area contributed by atoms with Gasteiger partial charge in [0.1, 0.15) is 5.75 Å². The first kappa shape index (κ1) is 18.2. The molecule has 0 aliphatic heterocycles. The van der Waals surface area contributed by atoms with Crippen LogP contribution in [0, 0.1) is 0 Å². The molecule has 0 aliphatic rings. The number of rotatable bonds is 7. The Morgan fingerprint density at radius 2 is 2.00 bits per heavy atom. The molecule has 1 aromatic heterocycles. The normalized spacial score (nSPS) is 12.1. The van der Waals surface area contributed by atoms with E-state index in [9.17, 15) is 0 Å². The lowest BCUT2D eigenvalue weighted by molar-refractivity contribution is 0.340. The van der Waals surface area contributed by atoms with E-state index < -0.39 is 0 Å². The van der Waals surface area contributed by atoms with Crippen LogP contribution in [0.5, 0.6) is 5.75 Å². The second kappa shape index (κ2) is 9.23. The summed E-state index contributed by atoms with van der Waals surface area (Å²) < 4.78 is 10.6. The van der Waals surface area contributed by atoms with Crippen LogP contribution in [0.2, 0.25) is 0 Å². The second-order valence-corrected chi connectivity index (χ2v) is 4.78. The van der Waals surface area contributed by atoms with Crippen molar-refractivity contribution in [3.05, 3.63) is 41.5 Å². The highest BCUT2D eigenvalue weighted by Gasteiger charge is 2.07. The molecule has 0 amide bonds. The number of hydrogen-bond acceptors (Lipinski definition) is 5. The molecule has 22 heavy (non-hydrogen) atoms. The summed E-state index contributed by atoms with van der Waals surface area (Å²) in [7, 11) is 1.91. The summed E-state index contributed by atoms with van der Waals surface area (Å²) >= 11 is 0. The number of halogens is 1. The molecule has 0 saturated heterocycles. The van der Waals surface area contributed by atoms with Gasteiger partial charge >= 0.3 is 0 Å². The minimum absolute atomic E-state index is 0. The van der Waals surface area contributed by atoms with Crippen molar-refractivity contribution in [2.24, 2.45) is 0 Å². The molecule has 5 nitrogen and oxygen atoms in total. The van der Waals surface area contributed by atoms with Gasteiger partial charge < -0.3 is 14.6 Å². The summed E-state index contributed by atoms with van der Waals surface area (Å²) in [6, 6.07) is 8.18. The van der Waals surface area contributed by atoms with Gasteiger partial charge in [0, 0.05) is 18.5 Å². The van der Waals surface area contributed by atoms with Crippen molar-refractivity contribution in [1.29, 1.82) is 0 Å². The highest BCUT2D eigenvalue weighted by molar-refractivity contribution is 5.85. The van der Waals surface area contributed by atoms with Gasteiger partial charge in [0.25, 0.3) is 5.89 Å². The van der Waals surface area contributed by atoms with Gasteiger partial charge in [0.15, 0.2) is 5.82 Å². The molecular weight excluding hydrogens is 302 g/mol. The van der Waals surface area contributed by atoms with E-state index in [1.54, 1.807) is 0 Å². The van der Waals surface area contributed by atoms with Crippen molar-refractivity contribution in [1.82, 2.24) is 15.5 Å². The summed E-state index contributed by atoms with van der Waals surface area (Å²) in [6.45, 7) is 4.71. The van der Waals surface area contributed by atoms with E-state index in [0.717, 1.165) is 17.7 Å². The average molecular weight is 324 g/mol. The quantitative estimate of drug-likeness (QED) is 0.847. The van der Waals surface area contributed by atoms with E-state index in [4.69, 9.17) is 9.26 Å². The smallest absolute Gasteiger partial charge is 0.250 e.